The maximum atomic E-state index is 12.9. The molecule has 1 aromatic heterocycles. The number of ether oxygens (including phenoxy) is 2. The third-order valence-electron chi connectivity index (χ3n) is 5.10. The number of nitrogens with one attached hydrogen (secondary N) is 2. The maximum absolute atomic E-state index is 12.9. The highest BCUT2D eigenvalue weighted by molar-refractivity contribution is 6.39. The first-order chi connectivity index (χ1) is 16.7. The molecule has 0 radical (unpaired) electrons. The van der Waals surface area contributed by atoms with Gasteiger partial charge < -0.3 is 29.4 Å². The van der Waals surface area contributed by atoms with E-state index < -0.39 is 17.8 Å². The summed E-state index contributed by atoms with van der Waals surface area (Å²) in [5.41, 5.74) is 1.10. The number of halogens is 1. The average Bonchev–Trinajstić information content (AvgIpc) is 3.37. The topological polar surface area (TPSA) is 127 Å². The Hall–Kier alpha value is -3.89. The van der Waals surface area contributed by atoms with E-state index in [0.717, 1.165) is 0 Å². The van der Waals surface area contributed by atoms with E-state index in [1.54, 1.807) is 37.3 Å². The number of furan rings is 1. The summed E-state index contributed by atoms with van der Waals surface area (Å²) in [5, 5.41) is 5.32. The second-order valence-electron chi connectivity index (χ2n) is 7.41. The van der Waals surface area contributed by atoms with Crippen LogP contribution in [0.2, 0.25) is 5.02 Å². The lowest BCUT2D eigenvalue weighted by Gasteiger charge is -2.16. The van der Waals surface area contributed by atoms with Crippen molar-refractivity contribution in [2.24, 2.45) is 0 Å². The first-order valence-electron chi connectivity index (χ1n) is 10.5. The van der Waals surface area contributed by atoms with Gasteiger partial charge in [0.25, 0.3) is 5.91 Å². The van der Waals surface area contributed by atoms with Gasteiger partial charge in [-0.2, -0.15) is 0 Å². The molecule has 2 heterocycles. The van der Waals surface area contributed by atoms with Crippen LogP contribution in [-0.4, -0.2) is 56.0 Å². The van der Waals surface area contributed by atoms with Crippen LogP contribution in [0.25, 0.3) is 6.08 Å². The molecule has 0 aliphatic carbocycles. The molecule has 0 saturated carbocycles. The second-order valence-corrected chi connectivity index (χ2v) is 7.85. The van der Waals surface area contributed by atoms with E-state index in [4.69, 9.17) is 25.5 Å². The van der Waals surface area contributed by atoms with Gasteiger partial charge in [0.1, 0.15) is 11.5 Å². The monoisotopic (exact) mass is 501 g/mol. The van der Waals surface area contributed by atoms with Crippen LogP contribution in [0.1, 0.15) is 18.4 Å². The molecular weight excluding hydrogens is 478 g/mol. The van der Waals surface area contributed by atoms with Crippen molar-refractivity contribution in [1.82, 2.24) is 10.2 Å². The van der Waals surface area contributed by atoms with E-state index in [-0.39, 0.29) is 35.9 Å². The minimum atomic E-state index is -0.868. The molecule has 1 aromatic carbocycles. The molecule has 0 fully saturated rings. The summed E-state index contributed by atoms with van der Waals surface area (Å²) >= 11 is 5.87. The summed E-state index contributed by atoms with van der Waals surface area (Å²) in [7, 11) is 2.75. The van der Waals surface area contributed by atoms with Crippen LogP contribution < -0.4 is 10.6 Å². The first-order valence-corrected chi connectivity index (χ1v) is 10.9. The molecule has 2 aromatic rings. The van der Waals surface area contributed by atoms with Crippen molar-refractivity contribution < 1.29 is 33.1 Å². The zero-order valence-electron chi connectivity index (χ0n) is 19.3. The molecule has 184 valence electrons. The highest BCUT2D eigenvalue weighted by atomic mass is 35.5. The van der Waals surface area contributed by atoms with Gasteiger partial charge in [-0.05, 0) is 43.3 Å². The predicted molar refractivity (Wildman–Crippen MR) is 127 cm³/mol. The van der Waals surface area contributed by atoms with Crippen LogP contribution >= 0.6 is 11.6 Å². The number of allylic oxidation sites excluding steroid dienone is 1. The number of nitrogens with zero attached hydrogens (tertiary/aromatic N) is 1. The van der Waals surface area contributed by atoms with Gasteiger partial charge in [-0.1, -0.05) is 17.7 Å². The Labute approximate surface area is 206 Å². The molecule has 1 aliphatic rings. The van der Waals surface area contributed by atoms with Crippen molar-refractivity contribution in [3.8, 4) is 0 Å². The van der Waals surface area contributed by atoms with Crippen molar-refractivity contribution in [2.45, 2.75) is 13.5 Å². The quantitative estimate of drug-likeness (QED) is 0.323. The summed E-state index contributed by atoms with van der Waals surface area (Å²) in [6.07, 6.45) is 1.43. The van der Waals surface area contributed by atoms with Gasteiger partial charge >= 0.3 is 17.8 Å². The summed E-state index contributed by atoms with van der Waals surface area (Å²) in [5.74, 6) is -2.15. The molecule has 0 atom stereocenters. The van der Waals surface area contributed by atoms with Crippen molar-refractivity contribution in [1.29, 1.82) is 0 Å². The van der Waals surface area contributed by atoms with Crippen LogP contribution in [0, 0.1) is 0 Å². The third kappa shape index (κ3) is 6.17. The number of amides is 3. The average molecular weight is 502 g/mol. The van der Waals surface area contributed by atoms with Gasteiger partial charge in [0.05, 0.1) is 31.4 Å². The van der Waals surface area contributed by atoms with E-state index in [1.807, 2.05) is 0 Å². The van der Waals surface area contributed by atoms with E-state index in [1.165, 1.54) is 31.3 Å². The Morgan fingerprint density at radius 2 is 1.91 bits per heavy atom. The molecule has 11 heteroatoms. The fraction of sp³-hybridized carbons (Fsp3) is 0.250. The smallest absolute Gasteiger partial charge is 0.340 e. The van der Waals surface area contributed by atoms with E-state index in [9.17, 15) is 19.2 Å². The van der Waals surface area contributed by atoms with Crippen LogP contribution in [0.3, 0.4) is 0 Å². The Balaban J connectivity index is 1.68. The number of hydrogen-bond donors (Lipinski definition) is 2. The fourth-order valence-corrected chi connectivity index (χ4v) is 3.58. The Morgan fingerprint density at radius 3 is 2.60 bits per heavy atom. The predicted octanol–water partition coefficient (Wildman–Crippen LogP) is 2.51. The highest BCUT2D eigenvalue weighted by Gasteiger charge is 2.37. The van der Waals surface area contributed by atoms with Gasteiger partial charge in [-0.3, -0.25) is 14.4 Å². The Morgan fingerprint density at radius 1 is 1.14 bits per heavy atom. The first kappa shape index (κ1) is 25.7. The molecule has 3 rings (SSSR count). The molecule has 0 bridgehead atoms. The van der Waals surface area contributed by atoms with Crippen LogP contribution in [0.15, 0.2) is 57.7 Å². The van der Waals surface area contributed by atoms with Gasteiger partial charge in [-0.15, -0.1) is 0 Å². The SMILES string of the molecule is COCCN1C(=O)/C(=C\c2ccc(CNC(=O)C(=O)Nc3cccc(Cl)c3)o2)C(C(=O)OC)=C1C. The highest BCUT2D eigenvalue weighted by Crippen LogP contribution is 2.31. The fourth-order valence-electron chi connectivity index (χ4n) is 3.39. The number of carbonyl (C=O) groups is 4. The summed E-state index contributed by atoms with van der Waals surface area (Å²) in [6.45, 7) is 2.14. The lowest BCUT2D eigenvalue weighted by molar-refractivity contribution is -0.136. The lowest BCUT2D eigenvalue weighted by atomic mass is 10.1. The summed E-state index contributed by atoms with van der Waals surface area (Å²) < 4.78 is 15.5. The molecule has 0 saturated heterocycles. The molecule has 10 nitrogen and oxygen atoms in total. The largest absolute Gasteiger partial charge is 0.465 e. The number of rotatable bonds is 8. The summed E-state index contributed by atoms with van der Waals surface area (Å²) in [4.78, 5) is 50.9. The normalized spacial score (nSPS) is 14.5. The van der Waals surface area contributed by atoms with Gasteiger partial charge in [0.2, 0.25) is 0 Å². The Bertz CT molecular complexity index is 1220. The second kappa shape index (κ2) is 11.5. The van der Waals surface area contributed by atoms with Crippen molar-refractivity contribution in [3.05, 3.63) is 69.8 Å². The van der Waals surface area contributed by atoms with Crippen molar-refractivity contribution >= 4 is 47.1 Å². The van der Waals surface area contributed by atoms with Gasteiger partial charge in [0, 0.05) is 30.1 Å². The van der Waals surface area contributed by atoms with E-state index in [2.05, 4.69) is 10.6 Å². The number of hydrogen-bond acceptors (Lipinski definition) is 7. The third-order valence-corrected chi connectivity index (χ3v) is 5.34. The number of methoxy groups -OCH3 is 2. The maximum Gasteiger partial charge on any atom is 0.340 e. The van der Waals surface area contributed by atoms with Crippen LogP contribution in [0.4, 0.5) is 5.69 Å². The van der Waals surface area contributed by atoms with E-state index >= 15 is 0 Å². The molecule has 0 spiro atoms. The molecule has 2 N–H and O–H groups in total. The van der Waals surface area contributed by atoms with Gasteiger partial charge in [-0.25, -0.2) is 4.79 Å². The minimum absolute atomic E-state index is 0.0718. The van der Waals surface area contributed by atoms with Crippen molar-refractivity contribution in [3.63, 3.8) is 0 Å². The minimum Gasteiger partial charge on any atom is -0.465 e. The van der Waals surface area contributed by atoms with E-state index in [0.29, 0.717) is 28.8 Å². The number of benzene rings is 1. The molecule has 3 amide bonds. The number of esters is 1. The molecular formula is C24H24ClN3O7. The molecule has 1 aliphatic heterocycles. The zero-order chi connectivity index (χ0) is 25.5. The number of anilines is 1. The van der Waals surface area contributed by atoms with Crippen LogP contribution in [-0.2, 0) is 35.2 Å². The van der Waals surface area contributed by atoms with Crippen molar-refractivity contribution in [2.75, 3.05) is 32.7 Å². The van der Waals surface area contributed by atoms with Crippen LogP contribution in [0.5, 0.6) is 0 Å². The molecule has 35 heavy (non-hydrogen) atoms. The Kier molecular flexibility index (Phi) is 8.45. The number of carbonyl (C=O) groups excluding carboxylic acids is 4. The zero-order valence-corrected chi connectivity index (χ0v) is 20.1. The lowest BCUT2D eigenvalue weighted by Crippen LogP contribution is -2.34. The standard InChI is InChI=1S/C24H24ClN3O7/c1-14-20(24(32)34-3)19(23(31)28(14)9-10-33-2)12-17-7-8-18(35-17)13-26-21(29)22(30)27-16-6-4-5-15(25)11-16/h4-8,11-12H,9-10,13H2,1-3H3,(H,26,29)(H,27,30)/b19-12-. The summed E-state index contributed by atoms with van der Waals surface area (Å²) in [6, 6.07) is 9.56. The molecule has 0 unspecified atom stereocenters. The van der Waals surface area contributed by atoms with Gasteiger partial charge in [0.15, 0.2) is 0 Å².